The van der Waals surface area contributed by atoms with E-state index in [0.717, 1.165) is 6.42 Å². The minimum atomic E-state index is 0.184. The molecule has 5 heteroatoms. The number of thiazole rings is 1. The number of imidazole rings is 1. The van der Waals surface area contributed by atoms with Crippen LogP contribution in [0.25, 0.3) is 0 Å². The van der Waals surface area contributed by atoms with Crippen molar-refractivity contribution in [3.05, 3.63) is 33.8 Å². The molecule has 0 radical (unpaired) electrons. The second kappa shape index (κ2) is 5.21. The number of fused-ring (bicyclic) bond motifs is 1. The molecule has 2 aromatic rings. The van der Waals surface area contributed by atoms with E-state index in [1.165, 1.54) is 47.0 Å². The van der Waals surface area contributed by atoms with Gasteiger partial charge in [-0.1, -0.05) is 0 Å². The van der Waals surface area contributed by atoms with Crippen LogP contribution in [-0.2, 0) is 12.8 Å². The highest BCUT2D eigenvalue weighted by atomic mass is 32.1. The Morgan fingerprint density at radius 3 is 2.90 bits per heavy atom. The van der Waals surface area contributed by atoms with Gasteiger partial charge in [0.2, 0.25) is 0 Å². The molecule has 0 amide bonds. The van der Waals surface area contributed by atoms with Gasteiger partial charge >= 0.3 is 0 Å². The van der Waals surface area contributed by atoms with Crippen LogP contribution in [-0.4, -0.2) is 20.6 Å². The normalized spacial score (nSPS) is 19.2. The molecular weight excluding hydrogens is 280 g/mol. The Morgan fingerprint density at radius 1 is 1.33 bits per heavy atom. The van der Waals surface area contributed by atoms with Crippen LogP contribution in [0.5, 0.6) is 0 Å². The first kappa shape index (κ1) is 13.5. The number of aryl methyl sites for hydroxylation is 2. The van der Waals surface area contributed by atoms with Gasteiger partial charge in [0.25, 0.3) is 0 Å². The van der Waals surface area contributed by atoms with E-state index >= 15 is 0 Å². The number of nitrogens with one attached hydrogen (secondary N) is 1. The van der Waals surface area contributed by atoms with Crippen molar-refractivity contribution in [3.8, 4) is 0 Å². The lowest BCUT2D eigenvalue weighted by Crippen LogP contribution is -2.30. The van der Waals surface area contributed by atoms with E-state index in [1.807, 2.05) is 23.9 Å². The van der Waals surface area contributed by atoms with Crippen LogP contribution in [0.15, 0.2) is 12.5 Å². The van der Waals surface area contributed by atoms with Gasteiger partial charge in [-0.2, -0.15) is 0 Å². The van der Waals surface area contributed by atoms with Crippen LogP contribution in [0.1, 0.15) is 66.5 Å². The first-order chi connectivity index (χ1) is 10.2. The molecule has 2 aliphatic rings. The molecule has 2 aliphatic carbocycles. The zero-order valence-electron chi connectivity index (χ0n) is 12.7. The summed E-state index contributed by atoms with van der Waals surface area (Å²) in [6, 6.07) is 1.27. The highest BCUT2D eigenvalue weighted by Crippen LogP contribution is 2.39. The zero-order chi connectivity index (χ0) is 14.4. The largest absolute Gasteiger partial charge is 0.330 e. The quantitative estimate of drug-likeness (QED) is 0.922. The van der Waals surface area contributed by atoms with Gasteiger partial charge in [-0.3, -0.25) is 0 Å². The molecule has 0 spiro atoms. The summed E-state index contributed by atoms with van der Waals surface area (Å²) in [6.45, 7) is 4.40. The lowest BCUT2D eigenvalue weighted by Gasteiger charge is -2.21. The van der Waals surface area contributed by atoms with Gasteiger partial charge < -0.3 is 9.88 Å². The van der Waals surface area contributed by atoms with Gasteiger partial charge in [0.1, 0.15) is 11.0 Å². The summed E-state index contributed by atoms with van der Waals surface area (Å²) in [5.41, 5.74) is 2.61. The average Bonchev–Trinajstić information content (AvgIpc) is 2.88. The second-order valence-electron chi connectivity index (χ2n) is 6.49. The smallest absolute Gasteiger partial charge is 0.116 e. The Bertz CT molecular complexity index is 617. The van der Waals surface area contributed by atoms with Crippen LogP contribution in [0, 0.1) is 0 Å². The first-order valence-electron chi connectivity index (χ1n) is 7.98. The summed E-state index contributed by atoms with van der Waals surface area (Å²) in [5, 5.41) is 4.92. The predicted octanol–water partition coefficient (Wildman–Crippen LogP) is 3.25. The van der Waals surface area contributed by atoms with Crippen molar-refractivity contribution in [1.82, 2.24) is 19.9 Å². The van der Waals surface area contributed by atoms with E-state index in [4.69, 9.17) is 4.98 Å². The van der Waals surface area contributed by atoms with E-state index in [-0.39, 0.29) is 6.04 Å². The Hall–Kier alpha value is -1.20. The topological polar surface area (TPSA) is 42.7 Å². The molecule has 1 saturated carbocycles. The standard InChI is InChI=1S/C16H22N4S/c1-10(2)18-15(13-8-17-9-20(13)11-6-7-11)16-19-12-4-3-5-14(12)21-16/h8-11,15,18H,3-7H2,1-2H3. The summed E-state index contributed by atoms with van der Waals surface area (Å²) < 4.78 is 2.35. The number of aromatic nitrogens is 3. The Balaban J connectivity index is 1.71. The van der Waals surface area contributed by atoms with Gasteiger partial charge in [0, 0.05) is 17.0 Å². The van der Waals surface area contributed by atoms with E-state index in [2.05, 4.69) is 28.7 Å². The van der Waals surface area contributed by atoms with Gasteiger partial charge in [-0.25, -0.2) is 9.97 Å². The van der Waals surface area contributed by atoms with Gasteiger partial charge in [0.15, 0.2) is 0 Å². The predicted molar refractivity (Wildman–Crippen MR) is 84.8 cm³/mol. The maximum Gasteiger partial charge on any atom is 0.116 e. The van der Waals surface area contributed by atoms with Crippen LogP contribution in [0.4, 0.5) is 0 Å². The molecule has 1 atom stereocenters. The summed E-state index contributed by atoms with van der Waals surface area (Å²) in [6.07, 6.45) is 10.2. The molecule has 2 heterocycles. The van der Waals surface area contributed by atoms with Gasteiger partial charge in [0.05, 0.1) is 23.9 Å². The number of hydrogen-bond donors (Lipinski definition) is 1. The van der Waals surface area contributed by atoms with Gasteiger partial charge in [-0.05, 0) is 46.0 Å². The maximum atomic E-state index is 4.94. The molecule has 112 valence electrons. The molecule has 4 nitrogen and oxygen atoms in total. The highest BCUT2D eigenvalue weighted by Gasteiger charge is 2.31. The molecule has 2 aromatic heterocycles. The molecule has 0 bridgehead atoms. The minimum Gasteiger partial charge on any atom is -0.330 e. The van der Waals surface area contributed by atoms with Crippen molar-refractivity contribution in [1.29, 1.82) is 0 Å². The molecule has 4 rings (SSSR count). The van der Waals surface area contributed by atoms with E-state index in [1.54, 1.807) is 0 Å². The van der Waals surface area contributed by atoms with Crippen molar-refractivity contribution in [2.24, 2.45) is 0 Å². The van der Waals surface area contributed by atoms with E-state index < -0.39 is 0 Å². The number of hydrogen-bond acceptors (Lipinski definition) is 4. The third kappa shape index (κ3) is 2.53. The summed E-state index contributed by atoms with van der Waals surface area (Å²) in [4.78, 5) is 10.8. The lowest BCUT2D eigenvalue weighted by atomic mass is 10.2. The monoisotopic (exact) mass is 302 g/mol. The summed E-state index contributed by atoms with van der Waals surface area (Å²) in [7, 11) is 0. The van der Waals surface area contributed by atoms with Crippen molar-refractivity contribution < 1.29 is 0 Å². The van der Waals surface area contributed by atoms with E-state index in [0.29, 0.717) is 12.1 Å². The zero-order valence-corrected chi connectivity index (χ0v) is 13.5. The van der Waals surface area contributed by atoms with Crippen LogP contribution < -0.4 is 5.32 Å². The molecule has 1 fully saturated rings. The fraction of sp³-hybridized carbons (Fsp3) is 0.625. The number of rotatable bonds is 5. The van der Waals surface area contributed by atoms with Crippen molar-refractivity contribution in [3.63, 3.8) is 0 Å². The van der Waals surface area contributed by atoms with E-state index in [9.17, 15) is 0 Å². The third-order valence-corrected chi connectivity index (χ3v) is 5.51. The Labute approximate surface area is 129 Å². The molecule has 21 heavy (non-hydrogen) atoms. The van der Waals surface area contributed by atoms with Crippen molar-refractivity contribution in [2.75, 3.05) is 0 Å². The minimum absolute atomic E-state index is 0.184. The lowest BCUT2D eigenvalue weighted by molar-refractivity contribution is 0.498. The second-order valence-corrected chi connectivity index (χ2v) is 7.60. The molecule has 0 saturated heterocycles. The average molecular weight is 302 g/mol. The highest BCUT2D eigenvalue weighted by molar-refractivity contribution is 7.11. The molecular formula is C16H22N4S. The number of nitrogens with zero attached hydrogens (tertiary/aromatic N) is 3. The van der Waals surface area contributed by atoms with Crippen molar-refractivity contribution in [2.45, 2.75) is 64.1 Å². The summed E-state index contributed by atoms with van der Waals surface area (Å²) >= 11 is 1.90. The van der Waals surface area contributed by atoms with Crippen molar-refractivity contribution >= 4 is 11.3 Å². The fourth-order valence-corrected chi connectivity index (χ4v) is 4.37. The maximum absolute atomic E-state index is 4.94. The van der Waals surface area contributed by atoms with Gasteiger partial charge in [-0.15, -0.1) is 11.3 Å². The summed E-state index contributed by atoms with van der Waals surface area (Å²) in [5.74, 6) is 0. The van der Waals surface area contributed by atoms with Crippen LogP contribution in [0.2, 0.25) is 0 Å². The molecule has 0 aliphatic heterocycles. The molecule has 1 N–H and O–H groups in total. The third-order valence-electron chi connectivity index (χ3n) is 4.29. The first-order valence-corrected chi connectivity index (χ1v) is 8.80. The fourth-order valence-electron chi connectivity index (χ4n) is 3.15. The SMILES string of the molecule is CC(C)NC(c1nc2c(s1)CCC2)c1cncn1C1CC1. The molecule has 0 aromatic carbocycles. The molecule has 1 unspecified atom stereocenters. The Morgan fingerprint density at radius 2 is 2.19 bits per heavy atom. The van der Waals surface area contributed by atoms with Crippen LogP contribution in [0.3, 0.4) is 0 Å². The van der Waals surface area contributed by atoms with Crippen LogP contribution >= 0.6 is 11.3 Å². The Kier molecular flexibility index (Phi) is 3.34.